The summed E-state index contributed by atoms with van der Waals surface area (Å²) in [5, 5.41) is 0. The molecule has 0 bridgehead atoms. The van der Waals surface area contributed by atoms with Crippen LogP contribution in [0.15, 0.2) is 52.0 Å². The smallest absolute Gasteiger partial charge is 0.242 e. The van der Waals surface area contributed by atoms with E-state index in [1.54, 1.807) is 43.5 Å². The second-order valence-electron chi connectivity index (χ2n) is 4.53. The summed E-state index contributed by atoms with van der Waals surface area (Å²) in [5.74, 6) is 0. The molecule has 1 aromatic carbocycles. The van der Waals surface area contributed by atoms with E-state index in [0.717, 1.165) is 5.56 Å². The Morgan fingerprint density at radius 1 is 1.25 bits per heavy atom. The number of rotatable bonds is 4. The Balaban J connectivity index is 2.28. The minimum atomic E-state index is -3.59. The number of sulfonamides is 1. The fourth-order valence-corrected chi connectivity index (χ4v) is 4.22. The molecule has 0 saturated heterocycles. The Bertz CT molecular complexity index is 702. The zero-order chi connectivity index (χ0) is 14.8. The minimum absolute atomic E-state index is 0.228. The van der Waals surface area contributed by atoms with E-state index >= 15 is 0 Å². The fourth-order valence-electron chi connectivity index (χ4n) is 1.81. The van der Waals surface area contributed by atoms with Gasteiger partial charge in [-0.05, 0) is 59.6 Å². The lowest BCUT2D eigenvalue weighted by Crippen LogP contribution is -2.27. The number of aryl methyl sites for hydroxylation is 1. The van der Waals surface area contributed by atoms with Crippen LogP contribution in [0, 0.1) is 6.92 Å². The van der Waals surface area contributed by atoms with Gasteiger partial charge in [0, 0.05) is 10.7 Å². The highest BCUT2D eigenvalue weighted by molar-refractivity contribution is 9.10. The summed E-state index contributed by atoms with van der Waals surface area (Å²) >= 11 is 3.29. The summed E-state index contributed by atoms with van der Waals surface area (Å²) in [6.45, 7) is 3.67. The SMILES string of the molecule is Cc1ccc(S(=O)(=O)NC(C)c2ccccn2)c(Br)c1. The van der Waals surface area contributed by atoms with Crippen molar-refractivity contribution >= 4 is 26.0 Å². The standard InChI is InChI=1S/C14H15BrN2O2S/c1-10-6-7-14(12(15)9-10)20(18,19)17-11(2)13-5-3-4-8-16-13/h3-9,11,17H,1-2H3. The van der Waals surface area contributed by atoms with Crippen LogP contribution in [0.3, 0.4) is 0 Å². The Morgan fingerprint density at radius 3 is 2.60 bits per heavy atom. The van der Waals surface area contributed by atoms with Gasteiger partial charge in [-0.25, -0.2) is 13.1 Å². The average Bonchev–Trinajstić information content (AvgIpc) is 2.38. The fraction of sp³-hybridized carbons (Fsp3) is 0.214. The molecule has 2 aromatic rings. The van der Waals surface area contributed by atoms with E-state index in [0.29, 0.717) is 10.2 Å². The van der Waals surface area contributed by atoms with Gasteiger partial charge in [0.15, 0.2) is 0 Å². The quantitative estimate of drug-likeness (QED) is 0.916. The molecule has 1 aromatic heterocycles. The number of benzene rings is 1. The van der Waals surface area contributed by atoms with Crippen molar-refractivity contribution in [2.24, 2.45) is 0 Å². The van der Waals surface area contributed by atoms with Gasteiger partial charge in [-0.2, -0.15) is 0 Å². The van der Waals surface area contributed by atoms with E-state index < -0.39 is 16.1 Å². The van der Waals surface area contributed by atoms with Crippen LogP contribution in [-0.4, -0.2) is 13.4 Å². The van der Waals surface area contributed by atoms with Crippen molar-refractivity contribution in [3.8, 4) is 0 Å². The second kappa shape index (κ2) is 6.03. The first-order valence-corrected chi connectivity index (χ1v) is 8.37. The maximum atomic E-state index is 12.4. The zero-order valence-electron chi connectivity index (χ0n) is 11.2. The first-order valence-electron chi connectivity index (χ1n) is 6.09. The van der Waals surface area contributed by atoms with Gasteiger partial charge in [0.1, 0.15) is 0 Å². The predicted octanol–water partition coefficient (Wildman–Crippen LogP) is 3.19. The lowest BCUT2D eigenvalue weighted by molar-refractivity contribution is 0.563. The van der Waals surface area contributed by atoms with Crippen molar-refractivity contribution in [1.29, 1.82) is 0 Å². The third kappa shape index (κ3) is 3.45. The molecule has 0 spiro atoms. The van der Waals surface area contributed by atoms with Gasteiger partial charge in [-0.3, -0.25) is 4.98 Å². The number of halogens is 1. The van der Waals surface area contributed by atoms with Gasteiger partial charge in [0.2, 0.25) is 10.0 Å². The topological polar surface area (TPSA) is 59.1 Å². The number of aromatic nitrogens is 1. The highest BCUT2D eigenvalue weighted by Gasteiger charge is 2.21. The van der Waals surface area contributed by atoms with E-state index in [-0.39, 0.29) is 4.90 Å². The normalized spacial score (nSPS) is 13.2. The molecule has 1 atom stereocenters. The molecule has 1 unspecified atom stereocenters. The number of hydrogen-bond acceptors (Lipinski definition) is 3. The number of nitrogens with one attached hydrogen (secondary N) is 1. The maximum absolute atomic E-state index is 12.4. The molecule has 20 heavy (non-hydrogen) atoms. The molecule has 4 nitrogen and oxygen atoms in total. The molecular formula is C14H15BrN2O2S. The molecule has 0 radical (unpaired) electrons. The molecule has 106 valence electrons. The Hall–Kier alpha value is -1.24. The molecule has 0 saturated carbocycles. The average molecular weight is 355 g/mol. The van der Waals surface area contributed by atoms with Crippen LogP contribution in [-0.2, 0) is 10.0 Å². The summed E-state index contributed by atoms with van der Waals surface area (Å²) in [5.41, 5.74) is 1.67. The predicted molar refractivity (Wildman–Crippen MR) is 81.9 cm³/mol. The van der Waals surface area contributed by atoms with Gasteiger partial charge in [-0.15, -0.1) is 0 Å². The second-order valence-corrected chi connectivity index (χ2v) is 7.07. The Labute approximate surface area is 127 Å². The van der Waals surface area contributed by atoms with Gasteiger partial charge in [0.05, 0.1) is 16.6 Å². The molecule has 2 rings (SSSR count). The van der Waals surface area contributed by atoms with Crippen molar-refractivity contribution in [2.45, 2.75) is 24.8 Å². The molecule has 0 aliphatic rings. The molecule has 0 aliphatic heterocycles. The molecule has 0 aliphatic carbocycles. The highest BCUT2D eigenvalue weighted by Crippen LogP contribution is 2.24. The third-order valence-corrected chi connectivity index (χ3v) is 5.36. The minimum Gasteiger partial charge on any atom is -0.260 e. The van der Waals surface area contributed by atoms with Crippen molar-refractivity contribution in [1.82, 2.24) is 9.71 Å². The van der Waals surface area contributed by atoms with Crippen LogP contribution in [0.25, 0.3) is 0 Å². The monoisotopic (exact) mass is 354 g/mol. The lowest BCUT2D eigenvalue weighted by Gasteiger charge is -2.14. The highest BCUT2D eigenvalue weighted by atomic mass is 79.9. The van der Waals surface area contributed by atoms with Gasteiger partial charge in [0.25, 0.3) is 0 Å². The van der Waals surface area contributed by atoms with E-state index in [1.807, 2.05) is 13.0 Å². The summed E-state index contributed by atoms with van der Waals surface area (Å²) in [7, 11) is -3.59. The van der Waals surface area contributed by atoms with Crippen molar-refractivity contribution < 1.29 is 8.42 Å². The van der Waals surface area contributed by atoms with Crippen LogP contribution in [0.2, 0.25) is 0 Å². The largest absolute Gasteiger partial charge is 0.260 e. The summed E-state index contributed by atoms with van der Waals surface area (Å²) in [4.78, 5) is 4.38. The Morgan fingerprint density at radius 2 is 2.00 bits per heavy atom. The maximum Gasteiger partial charge on any atom is 0.242 e. The molecule has 6 heteroatoms. The lowest BCUT2D eigenvalue weighted by atomic mass is 10.2. The molecular weight excluding hydrogens is 340 g/mol. The van der Waals surface area contributed by atoms with E-state index in [1.165, 1.54) is 0 Å². The van der Waals surface area contributed by atoms with Crippen LogP contribution < -0.4 is 4.72 Å². The Kier molecular flexibility index (Phi) is 4.57. The van der Waals surface area contributed by atoms with Gasteiger partial charge in [-0.1, -0.05) is 12.1 Å². The van der Waals surface area contributed by atoms with E-state index in [9.17, 15) is 8.42 Å². The number of nitrogens with zero attached hydrogens (tertiary/aromatic N) is 1. The van der Waals surface area contributed by atoms with Crippen LogP contribution in [0.1, 0.15) is 24.2 Å². The van der Waals surface area contributed by atoms with Crippen molar-refractivity contribution in [3.63, 3.8) is 0 Å². The number of hydrogen-bond donors (Lipinski definition) is 1. The van der Waals surface area contributed by atoms with Crippen LogP contribution in [0.4, 0.5) is 0 Å². The molecule has 1 heterocycles. The van der Waals surface area contributed by atoms with Crippen molar-refractivity contribution in [2.75, 3.05) is 0 Å². The molecule has 0 amide bonds. The van der Waals surface area contributed by atoms with E-state index in [2.05, 4.69) is 25.6 Å². The summed E-state index contributed by atoms with van der Waals surface area (Å²) < 4.78 is 27.9. The van der Waals surface area contributed by atoms with Gasteiger partial charge < -0.3 is 0 Å². The van der Waals surface area contributed by atoms with E-state index in [4.69, 9.17) is 0 Å². The third-order valence-electron chi connectivity index (χ3n) is 2.84. The van der Waals surface area contributed by atoms with Crippen LogP contribution in [0.5, 0.6) is 0 Å². The summed E-state index contributed by atoms with van der Waals surface area (Å²) in [6.07, 6.45) is 1.64. The van der Waals surface area contributed by atoms with Crippen molar-refractivity contribution in [3.05, 3.63) is 58.3 Å². The zero-order valence-corrected chi connectivity index (χ0v) is 13.6. The summed E-state index contributed by atoms with van der Waals surface area (Å²) in [6, 6.07) is 10.2. The first kappa shape index (κ1) is 15.2. The van der Waals surface area contributed by atoms with Gasteiger partial charge >= 0.3 is 0 Å². The first-order chi connectivity index (χ1) is 9.40. The van der Waals surface area contributed by atoms with Crippen LogP contribution >= 0.6 is 15.9 Å². The number of pyridine rings is 1. The molecule has 1 N–H and O–H groups in total. The molecule has 0 fully saturated rings.